The summed E-state index contributed by atoms with van der Waals surface area (Å²) in [5.41, 5.74) is 5.08. The molecular weight excluding hydrogens is 283 g/mol. The number of hydrogen-bond donors (Lipinski definition) is 0. The molecule has 2 nitrogen and oxygen atoms in total. The summed E-state index contributed by atoms with van der Waals surface area (Å²) < 4.78 is 11.5. The molecule has 0 unspecified atom stereocenters. The molecule has 2 aromatic rings. The minimum Gasteiger partial charge on any atom is -0.526 e. The predicted molar refractivity (Wildman–Crippen MR) is 97.4 cm³/mol. The fraction of sp³-hybridized carbons (Fsp3) is 0.400. The van der Waals surface area contributed by atoms with Crippen LogP contribution < -0.4 is 9.31 Å². The molecule has 0 aliphatic heterocycles. The second-order valence-corrected chi connectivity index (χ2v) is 5.63. The first-order valence-corrected chi connectivity index (χ1v) is 8.60. The molecule has 2 rings (SSSR count). The van der Waals surface area contributed by atoms with Crippen LogP contribution in [0.25, 0.3) is 0 Å². The topological polar surface area (TPSA) is 18.5 Å². The summed E-state index contributed by atoms with van der Waals surface area (Å²) in [6.45, 7) is 8.61. The number of hydrogen-bond acceptors (Lipinski definition) is 2. The van der Waals surface area contributed by atoms with Gasteiger partial charge < -0.3 is 9.31 Å². The van der Waals surface area contributed by atoms with Crippen molar-refractivity contribution in [3.63, 3.8) is 0 Å². The van der Waals surface area contributed by atoms with Crippen molar-refractivity contribution in [3.8, 4) is 11.5 Å². The van der Waals surface area contributed by atoms with Crippen molar-refractivity contribution in [1.82, 2.24) is 0 Å². The van der Waals surface area contributed by atoms with Gasteiger partial charge in [-0.3, -0.25) is 0 Å². The van der Waals surface area contributed by atoms with E-state index < -0.39 is 0 Å². The van der Waals surface area contributed by atoms with Gasteiger partial charge in [-0.2, -0.15) is 0 Å². The lowest BCUT2D eigenvalue weighted by atomic mass is 10.0. The average Bonchev–Trinajstić information content (AvgIpc) is 2.61. The first-order valence-electron chi connectivity index (χ1n) is 8.60. The molecule has 0 amide bonds. The summed E-state index contributed by atoms with van der Waals surface area (Å²) in [5, 5.41) is 0. The van der Waals surface area contributed by atoms with Crippen LogP contribution in [0.4, 0.5) is 0 Å². The Bertz CT molecular complexity index is 582. The van der Waals surface area contributed by atoms with Crippen LogP contribution in [0.2, 0.25) is 0 Å². The highest BCUT2D eigenvalue weighted by Gasteiger charge is 2.09. The SMILES string of the molecule is CCc1ccc(O[B]Oc2ccc(CC)cc2CC)c(CC)c1. The van der Waals surface area contributed by atoms with Gasteiger partial charge in [0.1, 0.15) is 11.5 Å². The van der Waals surface area contributed by atoms with Crippen molar-refractivity contribution in [2.75, 3.05) is 0 Å². The minimum atomic E-state index is 0.868. The fourth-order valence-corrected chi connectivity index (χ4v) is 2.62. The Morgan fingerprint density at radius 1 is 0.652 bits per heavy atom. The van der Waals surface area contributed by atoms with E-state index in [1.807, 2.05) is 12.1 Å². The molecule has 0 aliphatic rings. The van der Waals surface area contributed by atoms with Gasteiger partial charge in [0.05, 0.1) is 0 Å². The van der Waals surface area contributed by atoms with Crippen molar-refractivity contribution in [1.29, 1.82) is 0 Å². The highest BCUT2D eigenvalue weighted by molar-refractivity contribution is 6.20. The maximum atomic E-state index is 5.74. The van der Waals surface area contributed by atoms with E-state index in [1.54, 1.807) is 0 Å². The third-order valence-corrected chi connectivity index (χ3v) is 4.18. The molecule has 0 atom stereocenters. The molecule has 0 bridgehead atoms. The van der Waals surface area contributed by atoms with Gasteiger partial charge >= 0.3 is 7.69 Å². The van der Waals surface area contributed by atoms with E-state index >= 15 is 0 Å². The Balaban J connectivity index is 2.02. The Hall–Kier alpha value is -1.90. The molecule has 23 heavy (non-hydrogen) atoms. The van der Waals surface area contributed by atoms with Crippen LogP contribution in [0.15, 0.2) is 36.4 Å². The smallest absolute Gasteiger partial charge is 0.526 e. The quantitative estimate of drug-likeness (QED) is 0.644. The molecule has 0 N–H and O–H groups in total. The molecule has 0 fully saturated rings. The van der Waals surface area contributed by atoms with Crippen molar-refractivity contribution in [2.24, 2.45) is 0 Å². The Labute approximate surface area is 141 Å². The zero-order chi connectivity index (χ0) is 16.7. The van der Waals surface area contributed by atoms with Crippen LogP contribution >= 0.6 is 0 Å². The normalized spacial score (nSPS) is 10.4. The number of rotatable bonds is 8. The van der Waals surface area contributed by atoms with Gasteiger partial charge in [-0.15, -0.1) is 0 Å². The van der Waals surface area contributed by atoms with E-state index in [4.69, 9.17) is 9.31 Å². The average molecular weight is 309 g/mol. The molecular formula is C20H26BO2. The summed E-state index contributed by atoms with van der Waals surface area (Å²) in [6.07, 6.45) is 3.97. The lowest BCUT2D eigenvalue weighted by Gasteiger charge is -2.14. The van der Waals surface area contributed by atoms with Gasteiger partial charge in [0.15, 0.2) is 0 Å². The lowest BCUT2D eigenvalue weighted by Crippen LogP contribution is -2.13. The molecule has 0 aliphatic carbocycles. The van der Waals surface area contributed by atoms with Gasteiger partial charge in [-0.05, 0) is 60.1 Å². The standard InChI is InChI=1S/C20H26BO2/c1-5-15-9-11-19(17(7-3)13-15)22-21-23-20-12-10-16(6-2)14-18(20)8-4/h9-14H,5-8H2,1-4H3. The highest BCUT2D eigenvalue weighted by atomic mass is 16.6. The third-order valence-electron chi connectivity index (χ3n) is 4.18. The first-order chi connectivity index (χ1) is 11.2. The zero-order valence-corrected chi connectivity index (χ0v) is 14.7. The van der Waals surface area contributed by atoms with E-state index in [0.717, 1.165) is 37.2 Å². The van der Waals surface area contributed by atoms with Gasteiger partial charge in [0, 0.05) is 0 Å². The largest absolute Gasteiger partial charge is 0.658 e. The van der Waals surface area contributed by atoms with E-state index in [1.165, 1.54) is 29.9 Å². The molecule has 0 spiro atoms. The maximum Gasteiger partial charge on any atom is 0.658 e. The van der Waals surface area contributed by atoms with Crippen molar-refractivity contribution in [3.05, 3.63) is 58.7 Å². The molecule has 1 radical (unpaired) electrons. The van der Waals surface area contributed by atoms with E-state index in [2.05, 4.69) is 52.0 Å². The van der Waals surface area contributed by atoms with Crippen molar-refractivity contribution in [2.45, 2.75) is 53.4 Å². The first kappa shape index (κ1) is 17.5. The fourth-order valence-electron chi connectivity index (χ4n) is 2.62. The van der Waals surface area contributed by atoms with Gasteiger partial charge in [-0.1, -0.05) is 52.0 Å². The second-order valence-electron chi connectivity index (χ2n) is 5.63. The number of benzene rings is 2. The third kappa shape index (κ3) is 4.54. The molecule has 0 saturated carbocycles. The van der Waals surface area contributed by atoms with Crippen LogP contribution in [0.3, 0.4) is 0 Å². The highest BCUT2D eigenvalue weighted by Crippen LogP contribution is 2.23. The van der Waals surface area contributed by atoms with Gasteiger partial charge in [-0.25, -0.2) is 0 Å². The monoisotopic (exact) mass is 309 g/mol. The van der Waals surface area contributed by atoms with E-state index in [-0.39, 0.29) is 0 Å². The molecule has 0 heterocycles. The van der Waals surface area contributed by atoms with Crippen molar-refractivity contribution < 1.29 is 9.31 Å². The van der Waals surface area contributed by atoms with Crippen LogP contribution in [0, 0.1) is 0 Å². The molecule has 0 saturated heterocycles. The van der Waals surface area contributed by atoms with Crippen LogP contribution in [0.5, 0.6) is 11.5 Å². The maximum absolute atomic E-state index is 5.74. The summed E-state index contributed by atoms with van der Waals surface area (Å²) in [6, 6.07) is 12.7. The molecule has 3 heteroatoms. The van der Waals surface area contributed by atoms with Crippen molar-refractivity contribution >= 4 is 7.69 Å². The Morgan fingerprint density at radius 2 is 1.09 bits per heavy atom. The predicted octanol–water partition coefficient (Wildman–Crippen LogP) is 4.93. The summed E-state index contributed by atoms with van der Waals surface area (Å²) >= 11 is 0. The van der Waals surface area contributed by atoms with Gasteiger partial charge in [0.25, 0.3) is 0 Å². The van der Waals surface area contributed by atoms with Crippen LogP contribution in [-0.4, -0.2) is 7.69 Å². The Morgan fingerprint density at radius 3 is 1.43 bits per heavy atom. The molecule has 121 valence electrons. The van der Waals surface area contributed by atoms with Gasteiger partial charge in [0.2, 0.25) is 0 Å². The van der Waals surface area contributed by atoms with E-state index in [0.29, 0.717) is 0 Å². The second kappa shape index (κ2) is 8.66. The molecule has 2 aromatic carbocycles. The summed E-state index contributed by atoms with van der Waals surface area (Å²) in [7, 11) is 1.44. The lowest BCUT2D eigenvalue weighted by molar-refractivity contribution is 0.453. The zero-order valence-electron chi connectivity index (χ0n) is 14.7. The summed E-state index contributed by atoms with van der Waals surface area (Å²) in [5.74, 6) is 1.74. The minimum absolute atomic E-state index is 0.868. The number of aryl methyl sites for hydroxylation is 4. The summed E-state index contributed by atoms with van der Waals surface area (Å²) in [4.78, 5) is 0. The molecule has 0 aromatic heterocycles. The van der Waals surface area contributed by atoms with Crippen LogP contribution in [0.1, 0.15) is 49.9 Å². The van der Waals surface area contributed by atoms with E-state index in [9.17, 15) is 0 Å². The Kier molecular flexibility index (Phi) is 6.58. The van der Waals surface area contributed by atoms with Crippen LogP contribution in [-0.2, 0) is 25.7 Å².